The van der Waals surface area contributed by atoms with Crippen LogP contribution in [0.1, 0.15) is 56.1 Å². The summed E-state index contributed by atoms with van der Waals surface area (Å²) in [5.41, 5.74) is 6.26. The second-order valence-electron chi connectivity index (χ2n) is 10.8. The van der Waals surface area contributed by atoms with Crippen LogP contribution < -0.4 is 15.8 Å². The molecule has 39 heavy (non-hydrogen) atoms. The van der Waals surface area contributed by atoms with E-state index in [1.165, 1.54) is 7.11 Å². The van der Waals surface area contributed by atoms with Crippen molar-refractivity contribution in [1.82, 2.24) is 10.2 Å². The van der Waals surface area contributed by atoms with Gasteiger partial charge < -0.3 is 30.5 Å². The van der Waals surface area contributed by atoms with Crippen LogP contribution in [0.5, 0.6) is 11.5 Å². The standard InChI is InChI=1S/C30H40ClN3O5/c1-20-8-3-4-12-26(20)39-27-24(10-5-11-25(27)31)30(37,15-7-16-33-29(36)38-2)22-9-6-17-34(19-22)28(35)21-13-14-23(32)18-21/h3-5,8,10-12,21-23,37H,6-7,9,13-19,32H2,1-2H3,(H,33,36)/t21-,22-,23+,30?/m1/s1. The third-order valence-corrected chi connectivity index (χ3v) is 8.46. The van der Waals surface area contributed by atoms with E-state index in [-0.39, 0.29) is 23.8 Å². The molecule has 8 nitrogen and oxygen atoms in total. The van der Waals surface area contributed by atoms with Crippen LogP contribution in [-0.4, -0.2) is 54.8 Å². The average Bonchev–Trinajstić information content (AvgIpc) is 3.38. The third-order valence-electron chi connectivity index (χ3n) is 8.16. The number of likely N-dealkylation sites (tertiary alicyclic amines) is 1. The Bertz CT molecular complexity index is 1160. The van der Waals surface area contributed by atoms with E-state index in [1.807, 2.05) is 48.2 Å². The van der Waals surface area contributed by atoms with Crippen LogP contribution in [-0.2, 0) is 15.1 Å². The first-order valence-electron chi connectivity index (χ1n) is 13.8. The Morgan fingerprint density at radius 1 is 1.18 bits per heavy atom. The van der Waals surface area contributed by atoms with Crippen LogP contribution in [0, 0.1) is 18.8 Å². The van der Waals surface area contributed by atoms with Gasteiger partial charge in [0.25, 0.3) is 0 Å². The molecule has 1 unspecified atom stereocenters. The number of hydrogen-bond donors (Lipinski definition) is 3. The molecule has 2 fully saturated rings. The van der Waals surface area contributed by atoms with E-state index < -0.39 is 11.7 Å². The lowest BCUT2D eigenvalue weighted by molar-refractivity contribution is -0.141. The second-order valence-corrected chi connectivity index (χ2v) is 11.2. The van der Waals surface area contributed by atoms with E-state index in [0.29, 0.717) is 61.0 Å². The van der Waals surface area contributed by atoms with Crippen LogP contribution >= 0.6 is 11.6 Å². The van der Waals surface area contributed by atoms with Crippen molar-refractivity contribution in [1.29, 1.82) is 0 Å². The molecule has 1 saturated heterocycles. The quantitative estimate of drug-likeness (QED) is 0.368. The number of ether oxygens (including phenoxy) is 2. The lowest BCUT2D eigenvalue weighted by Gasteiger charge is -2.44. The Hall–Kier alpha value is -2.81. The summed E-state index contributed by atoms with van der Waals surface area (Å²) in [6.07, 6.45) is 4.23. The molecule has 4 rings (SSSR count). The zero-order valence-corrected chi connectivity index (χ0v) is 23.6. The maximum Gasteiger partial charge on any atom is 0.406 e. The molecule has 4 N–H and O–H groups in total. The van der Waals surface area contributed by atoms with Gasteiger partial charge in [0.2, 0.25) is 5.91 Å². The zero-order chi connectivity index (χ0) is 28.0. The van der Waals surface area contributed by atoms with Crippen LogP contribution in [0.3, 0.4) is 0 Å². The van der Waals surface area contributed by atoms with E-state index >= 15 is 0 Å². The lowest BCUT2D eigenvalue weighted by Crippen LogP contribution is -2.49. The van der Waals surface area contributed by atoms with Gasteiger partial charge in [-0.1, -0.05) is 41.9 Å². The van der Waals surface area contributed by atoms with Crippen molar-refractivity contribution in [3.05, 3.63) is 58.6 Å². The zero-order valence-electron chi connectivity index (χ0n) is 22.8. The number of benzene rings is 2. The largest absolute Gasteiger partial charge is 0.455 e. The first-order valence-corrected chi connectivity index (χ1v) is 14.2. The number of aryl methyl sites for hydroxylation is 1. The Morgan fingerprint density at radius 2 is 1.97 bits per heavy atom. The molecule has 1 aliphatic carbocycles. The van der Waals surface area contributed by atoms with E-state index in [9.17, 15) is 14.7 Å². The maximum atomic E-state index is 13.4. The molecule has 1 heterocycles. The van der Waals surface area contributed by atoms with E-state index in [1.54, 1.807) is 6.07 Å². The van der Waals surface area contributed by atoms with Crippen molar-refractivity contribution in [2.24, 2.45) is 17.6 Å². The summed E-state index contributed by atoms with van der Waals surface area (Å²) >= 11 is 6.69. The minimum atomic E-state index is -1.36. The molecule has 0 radical (unpaired) electrons. The molecule has 0 aromatic heterocycles. The van der Waals surface area contributed by atoms with Gasteiger partial charge in [-0.3, -0.25) is 4.79 Å². The molecule has 2 aromatic rings. The summed E-state index contributed by atoms with van der Waals surface area (Å²) in [4.78, 5) is 26.9. The first-order chi connectivity index (χ1) is 18.7. The summed E-state index contributed by atoms with van der Waals surface area (Å²) in [6.45, 7) is 3.39. The maximum absolute atomic E-state index is 13.4. The van der Waals surface area contributed by atoms with Crippen molar-refractivity contribution >= 4 is 23.6 Å². The Balaban J connectivity index is 1.65. The van der Waals surface area contributed by atoms with Gasteiger partial charge >= 0.3 is 6.09 Å². The molecule has 9 heteroatoms. The Labute approximate surface area is 235 Å². The van der Waals surface area contributed by atoms with Crippen LogP contribution in [0.4, 0.5) is 4.79 Å². The fraction of sp³-hybridized carbons (Fsp3) is 0.533. The van der Waals surface area contributed by atoms with Gasteiger partial charge in [-0.2, -0.15) is 0 Å². The second kappa shape index (κ2) is 13.0. The van der Waals surface area contributed by atoms with Gasteiger partial charge in [0, 0.05) is 43.1 Å². The van der Waals surface area contributed by atoms with Gasteiger partial charge in [0.05, 0.1) is 17.7 Å². The number of methoxy groups -OCH3 is 1. The number of nitrogens with zero attached hydrogens (tertiary/aromatic N) is 1. The number of alkyl carbamates (subject to hydrolysis) is 1. The smallest absolute Gasteiger partial charge is 0.406 e. The van der Waals surface area contributed by atoms with E-state index in [2.05, 4.69) is 10.1 Å². The third kappa shape index (κ3) is 6.86. The van der Waals surface area contributed by atoms with Crippen molar-refractivity contribution in [3.8, 4) is 11.5 Å². The van der Waals surface area contributed by atoms with Gasteiger partial charge in [0.15, 0.2) is 5.75 Å². The number of carbonyl (C=O) groups is 2. The molecular weight excluding hydrogens is 518 g/mol. The molecule has 1 aliphatic heterocycles. The van der Waals surface area contributed by atoms with E-state index in [4.69, 9.17) is 22.1 Å². The molecule has 0 spiro atoms. The Morgan fingerprint density at radius 3 is 2.69 bits per heavy atom. The summed E-state index contributed by atoms with van der Waals surface area (Å²) in [7, 11) is 1.32. The number of piperidine rings is 1. The number of rotatable bonds is 9. The van der Waals surface area contributed by atoms with E-state index in [0.717, 1.165) is 31.2 Å². The molecule has 1 saturated carbocycles. The number of halogens is 1. The normalized spacial score (nSPS) is 22.7. The lowest BCUT2D eigenvalue weighted by atomic mass is 9.73. The SMILES string of the molecule is COC(=O)NCCCC(O)(c1cccc(Cl)c1Oc1ccccc1C)[C@@H]1CCCN(C(=O)[C@@H]2CC[C@H](N)C2)C1. The average molecular weight is 558 g/mol. The molecule has 0 bridgehead atoms. The number of nitrogens with one attached hydrogen (secondary N) is 1. The first kappa shape index (κ1) is 29.2. The van der Waals surface area contributed by atoms with Gasteiger partial charge in [0.1, 0.15) is 5.75 Å². The molecule has 2 amide bonds. The highest BCUT2D eigenvalue weighted by Crippen LogP contribution is 2.47. The molecule has 2 aliphatic rings. The highest BCUT2D eigenvalue weighted by Gasteiger charge is 2.44. The number of carbonyl (C=O) groups excluding carboxylic acids is 2. The monoisotopic (exact) mass is 557 g/mol. The summed E-state index contributed by atoms with van der Waals surface area (Å²) in [6, 6.07) is 13.1. The Kier molecular flexibility index (Phi) is 9.75. The molecule has 212 valence electrons. The van der Waals surface area contributed by atoms with Crippen LogP contribution in [0.15, 0.2) is 42.5 Å². The fourth-order valence-corrected chi connectivity index (χ4v) is 6.19. The number of aliphatic hydroxyl groups is 1. The number of para-hydroxylation sites is 2. The topological polar surface area (TPSA) is 114 Å². The van der Waals surface area contributed by atoms with Crippen LogP contribution in [0.2, 0.25) is 5.02 Å². The number of hydrogen-bond acceptors (Lipinski definition) is 6. The van der Waals surface area contributed by atoms with Crippen molar-refractivity contribution in [3.63, 3.8) is 0 Å². The minimum absolute atomic E-state index is 0.0535. The summed E-state index contributed by atoms with van der Waals surface area (Å²) in [5, 5.41) is 15.6. The molecule has 2 aromatic carbocycles. The number of nitrogens with two attached hydrogens (primary N) is 1. The summed E-state index contributed by atoms with van der Waals surface area (Å²) in [5.74, 6) is 0.884. The van der Waals surface area contributed by atoms with Crippen molar-refractivity contribution < 1.29 is 24.2 Å². The summed E-state index contributed by atoms with van der Waals surface area (Å²) < 4.78 is 11.1. The predicted molar refractivity (Wildman–Crippen MR) is 151 cm³/mol. The van der Waals surface area contributed by atoms with Crippen molar-refractivity contribution in [2.75, 3.05) is 26.7 Å². The van der Waals surface area contributed by atoms with Crippen molar-refractivity contribution in [2.45, 2.75) is 63.5 Å². The number of amides is 2. The van der Waals surface area contributed by atoms with Gasteiger partial charge in [-0.05, 0) is 69.6 Å². The molecule has 4 atom stereocenters. The van der Waals surface area contributed by atoms with Crippen LogP contribution in [0.25, 0.3) is 0 Å². The highest BCUT2D eigenvalue weighted by molar-refractivity contribution is 6.32. The minimum Gasteiger partial charge on any atom is -0.455 e. The van der Waals surface area contributed by atoms with Gasteiger partial charge in [-0.15, -0.1) is 0 Å². The highest BCUT2D eigenvalue weighted by atomic mass is 35.5. The van der Waals surface area contributed by atoms with Gasteiger partial charge in [-0.25, -0.2) is 4.79 Å². The molecular formula is C30H40ClN3O5. The fourth-order valence-electron chi connectivity index (χ4n) is 5.98. The predicted octanol–water partition coefficient (Wildman–Crippen LogP) is 5.13.